The molecule has 6 nitrogen and oxygen atoms in total. The molecule has 0 unspecified atom stereocenters. The molecule has 0 spiro atoms. The fourth-order valence-corrected chi connectivity index (χ4v) is 4.49. The number of nitrogens with zero attached hydrogens (tertiary/aromatic N) is 2. The third-order valence-corrected chi connectivity index (χ3v) is 6.13. The molecule has 0 N–H and O–H groups in total. The second-order valence-corrected chi connectivity index (χ2v) is 7.92. The molecule has 0 amide bonds. The van der Waals surface area contributed by atoms with Gasteiger partial charge in [-0.05, 0) is 37.5 Å². The third-order valence-electron chi connectivity index (χ3n) is 4.82. The molecule has 27 heavy (non-hydrogen) atoms. The fourth-order valence-electron chi connectivity index (χ4n) is 3.25. The number of esters is 1. The van der Waals surface area contributed by atoms with Crippen LogP contribution in [0.5, 0.6) is 0 Å². The number of methoxy groups -OCH3 is 1. The topological polar surface area (TPSA) is 78.3 Å². The van der Waals surface area contributed by atoms with E-state index >= 15 is 0 Å². The summed E-state index contributed by atoms with van der Waals surface area (Å²) >= 11 is 1.38. The average molecular weight is 388 g/mol. The van der Waals surface area contributed by atoms with Crippen LogP contribution in [0.2, 0.25) is 0 Å². The van der Waals surface area contributed by atoms with Gasteiger partial charge in [0.15, 0.2) is 5.16 Å². The molecule has 0 saturated heterocycles. The number of hydrogen-bond acceptors (Lipinski definition) is 6. The molecule has 144 valence electrons. The second-order valence-electron chi connectivity index (χ2n) is 6.75. The fraction of sp³-hybridized carbons (Fsp3) is 0.500. The summed E-state index contributed by atoms with van der Waals surface area (Å²) in [5, 5.41) is 0.876. The van der Waals surface area contributed by atoms with Crippen molar-refractivity contribution in [1.82, 2.24) is 9.55 Å². The Bertz CT molecular complexity index is 922. The lowest BCUT2D eigenvalue weighted by atomic mass is 9.99. The van der Waals surface area contributed by atoms with E-state index in [0.717, 1.165) is 32.1 Å². The van der Waals surface area contributed by atoms with Crippen molar-refractivity contribution >= 4 is 34.4 Å². The molecule has 3 rings (SSSR count). The van der Waals surface area contributed by atoms with Crippen molar-refractivity contribution in [1.29, 1.82) is 0 Å². The van der Waals surface area contributed by atoms with Gasteiger partial charge in [-0.3, -0.25) is 14.2 Å². The quantitative estimate of drug-likeness (QED) is 0.556. The Morgan fingerprint density at radius 3 is 2.85 bits per heavy atom. The van der Waals surface area contributed by atoms with E-state index in [4.69, 9.17) is 4.74 Å². The monoisotopic (exact) mass is 388 g/mol. The minimum atomic E-state index is -0.467. The van der Waals surface area contributed by atoms with Gasteiger partial charge in [-0.2, -0.15) is 0 Å². The van der Waals surface area contributed by atoms with Gasteiger partial charge in [0.05, 0.1) is 28.8 Å². The predicted octanol–water partition coefficient (Wildman–Crippen LogP) is 3.59. The molecule has 1 aliphatic rings. The number of hydrogen-bond donors (Lipinski definition) is 0. The zero-order chi connectivity index (χ0) is 19.4. The molecule has 0 aliphatic heterocycles. The van der Waals surface area contributed by atoms with Crippen molar-refractivity contribution in [3.05, 3.63) is 34.1 Å². The van der Waals surface area contributed by atoms with Crippen LogP contribution >= 0.6 is 11.8 Å². The van der Waals surface area contributed by atoms with Gasteiger partial charge >= 0.3 is 5.97 Å². The SMILES string of the molecule is CCCCn1c(S[C@H]2CCCCC2=O)nc2cc(C(=O)OC)ccc2c1=O. The number of rotatable bonds is 6. The number of ketones is 1. The Morgan fingerprint density at radius 1 is 1.33 bits per heavy atom. The molecule has 1 atom stereocenters. The Balaban J connectivity index is 2.07. The summed E-state index contributed by atoms with van der Waals surface area (Å²) < 4.78 is 6.43. The van der Waals surface area contributed by atoms with E-state index < -0.39 is 5.97 Å². The number of Topliss-reactive ketones (excluding diaryl/α,β-unsaturated/α-hetero) is 1. The number of carbonyl (C=O) groups is 2. The number of ether oxygens (including phenoxy) is 1. The summed E-state index contributed by atoms with van der Waals surface area (Å²) in [6.07, 6.45) is 5.18. The molecule has 1 aromatic heterocycles. The van der Waals surface area contributed by atoms with Crippen LogP contribution in [0.4, 0.5) is 0 Å². The lowest BCUT2D eigenvalue weighted by molar-refractivity contribution is -0.119. The summed E-state index contributed by atoms with van der Waals surface area (Å²) in [6.45, 7) is 2.64. The van der Waals surface area contributed by atoms with Gasteiger partial charge in [0.1, 0.15) is 5.78 Å². The maximum Gasteiger partial charge on any atom is 0.337 e. The van der Waals surface area contributed by atoms with Crippen LogP contribution in [0.1, 0.15) is 55.8 Å². The number of aromatic nitrogens is 2. The van der Waals surface area contributed by atoms with Crippen molar-refractivity contribution in [2.24, 2.45) is 0 Å². The van der Waals surface area contributed by atoms with Crippen molar-refractivity contribution in [3.63, 3.8) is 0 Å². The highest BCUT2D eigenvalue weighted by atomic mass is 32.2. The van der Waals surface area contributed by atoms with Crippen LogP contribution in [-0.4, -0.2) is 33.7 Å². The molecule has 0 bridgehead atoms. The first-order chi connectivity index (χ1) is 13.0. The van der Waals surface area contributed by atoms with Gasteiger partial charge in [-0.15, -0.1) is 0 Å². The third kappa shape index (κ3) is 4.24. The predicted molar refractivity (Wildman–Crippen MR) is 105 cm³/mol. The van der Waals surface area contributed by atoms with Crippen molar-refractivity contribution < 1.29 is 14.3 Å². The number of thioether (sulfide) groups is 1. The molecular formula is C20H24N2O4S. The van der Waals surface area contributed by atoms with E-state index in [1.54, 1.807) is 22.8 Å². The summed E-state index contributed by atoms with van der Waals surface area (Å²) in [4.78, 5) is 41.8. The summed E-state index contributed by atoms with van der Waals surface area (Å²) in [6, 6.07) is 4.79. The van der Waals surface area contributed by atoms with Crippen LogP contribution < -0.4 is 5.56 Å². The van der Waals surface area contributed by atoms with E-state index in [1.165, 1.54) is 18.9 Å². The minimum Gasteiger partial charge on any atom is -0.465 e. The van der Waals surface area contributed by atoms with E-state index in [2.05, 4.69) is 11.9 Å². The van der Waals surface area contributed by atoms with Crippen molar-refractivity contribution in [2.75, 3.05) is 7.11 Å². The summed E-state index contributed by atoms with van der Waals surface area (Å²) in [7, 11) is 1.32. The second kappa shape index (κ2) is 8.69. The largest absolute Gasteiger partial charge is 0.465 e. The molecule has 0 radical (unpaired) electrons. The van der Waals surface area contributed by atoms with Gasteiger partial charge in [0.25, 0.3) is 5.56 Å². The Kier molecular flexibility index (Phi) is 6.31. The number of benzene rings is 1. The molecule has 1 aliphatic carbocycles. The molecule has 2 aromatic rings. The minimum absolute atomic E-state index is 0.129. The van der Waals surface area contributed by atoms with Crippen LogP contribution in [-0.2, 0) is 16.1 Å². The van der Waals surface area contributed by atoms with Crippen LogP contribution in [0, 0.1) is 0 Å². The van der Waals surface area contributed by atoms with Crippen LogP contribution in [0.15, 0.2) is 28.2 Å². The average Bonchev–Trinajstić information content (AvgIpc) is 2.68. The summed E-state index contributed by atoms with van der Waals surface area (Å²) in [5.74, 6) is -0.239. The highest BCUT2D eigenvalue weighted by molar-refractivity contribution is 8.00. The first-order valence-electron chi connectivity index (χ1n) is 9.37. The molecule has 1 heterocycles. The van der Waals surface area contributed by atoms with Gasteiger partial charge < -0.3 is 4.74 Å². The van der Waals surface area contributed by atoms with E-state index in [-0.39, 0.29) is 16.6 Å². The number of fused-ring (bicyclic) bond motifs is 1. The maximum atomic E-state index is 13.0. The Hall–Kier alpha value is -2.15. The zero-order valence-corrected chi connectivity index (χ0v) is 16.5. The van der Waals surface area contributed by atoms with Gasteiger partial charge in [-0.1, -0.05) is 31.5 Å². The lowest BCUT2D eigenvalue weighted by Crippen LogP contribution is -2.27. The normalized spacial score (nSPS) is 17.3. The van der Waals surface area contributed by atoms with E-state index in [9.17, 15) is 14.4 Å². The first-order valence-corrected chi connectivity index (χ1v) is 10.3. The summed E-state index contributed by atoms with van der Waals surface area (Å²) in [5.41, 5.74) is 0.685. The first kappa shape index (κ1) is 19.6. The van der Waals surface area contributed by atoms with Crippen molar-refractivity contribution in [3.8, 4) is 0 Å². The highest BCUT2D eigenvalue weighted by Crippen LogP contribution is 2.31. The van der Waals surface area contributed by atoms with Crippen LogP contribution in [0.3, 0.4) is 0 Å². The molecule has 1 saturated carbocycles. The zero-order valence-electron chi connectivity index (χ0n) is 15.7. The molecule has 1 aromatic carbocycles. The highest BCUT2D eigenvalue weighted by Gasteiger charge is 2.25. The van der Waals surface area contributed by atoms with Gasteiger partial charge in [-0.25, -0.2) is 9.78 Å². The van der Waals surface area contributed by atoms with E-state index in [1.807, 2.05) is 0 Å². The Labute approximate surface area is 162 Å². The van der Waals surface area contributed by atoms with Crippen LogP contribution in [0.25, 0.3) is 10.9 Å². The standard InChI is InChI=1S/C20H24N2O4S/c1-3-4-11-22-18(24)14-10-9-13(19(25)26-2)12-15(14)21-20(22)27-17-8-6-5-7-16(17)23/h9-10,12,17H,3-8,11H2,1-2H3/t17-/m0/s1. The van der Waals surface area contributed by atoms with E-state index in [0.29, 0.717) is 34.6 Å². The maximum absolute atomic E-state index is 13.0. The molecular weight excluding hydrogens is 364 g/mol. The lowest BCUT2D eigenvalue weighted by Gasteiger charge is -2.21. The molecule has 1 fully saturated rings. The van der Waals surface area contributed by atoms with Gasteiger partial charge in [0.2, 0.25) is 0 Å². The van der Waals surface area contributed by atoms with Crippen molar-refractivity contribution in [2.45, 2.75) is 62.4 Å². The number of unbranched alkanes of at least 4 members (excludes halogenated alkanes) is 1. The Morgan fingerprint density at radius 2 is 2.15 bits per heavy atom. The number of carbonyl (C=O) groups excluding carboxylic acids is 2. The smallest absolute Gasteiger partial charge is 0.337 e. The van der Waals surface area contributed by atoms with Gasteiger partial charge in [0, 0.05) is 13.0 Å². The molecule has 7 heteroatoms.